The minimum Gasteiger partial charge on any atom is -0.340 e. The van der Waals surface area contributed by atoms with Gasteiger partial charge in [0.2, 0.25) is 5.91 Å². The van der Waals surface area contributed by atoms with Crippen LogP contribution in [0.5, 0.6) is 0 Å². The molecular weight excluding hydrogens is 296 g/mol. The normalized spacial score (nSPS) is 29.2. The van der Waals surface area contributed by atoms with Crippen LogP contribution < -0.4 is 0 Å². The molecule has 130 valence electrons. The highest BCUT2D eigenvalue weighted by molar-refractivity contribution is 5.83. The summed E-state index contributed by atoms with van der Waals surface area (Å²) in [6.45, 7) is 4.04. The molecule has 0 spiro atoms. The van der Waals surface area contributed by atoms with Crippen molar-refractivity contribution in [3.05, 3.63) is 35.9 Å². The lowest BCUT2D eigenvalue weighted by atomic mass is 10.1. The van der Waals surface area contributed by atoms with Crippen LogP contribution in [0.2, 0.25) is 0 Å². The Bertz CT molecular complexity index is 542. The first-order valence-corrected chi connectivity index (χ1v) is 9.91. The van der Waals surface area contributed by atoms with E-state index in [1.54, 1.807) is 0 Å². The highest BCUT2D eigenvalue weighted by Gasteiger charge is 2.46. The van der Waals surface area contributed by atoms with Crippen LogP contribution in [0.15, 0.2) is 30.3 Å². The van der Waals surface area contributed by atoms with Crippen LogP contribution in [0, 0.1) is 5.92 Å². The molecule has 3 fully saturated rings. The van der Waals surface area contributed by atoms with E-state index in [2.05, 4.69) is 40.1 Å². The van der Waals surface area contributed by atoms with E-state index in [0.717, 1.165) is 38.6 Å². The second-order valence-electron chi connectivity index (χ2n) is 7.87. The van der Waals surface area contributed by atoms with E-state index < -0.39 is 0 Å². The minimum absolute atomic E-state index is 0.247. The quantitative estimate of drug-likeness (QED) is 0.792. The third kappa shape index (κ3) is 3.51. The van der Waals surface area contributed by atoms with Gasteiger partial charge in [-0.3, -0.25) is 9.69 Å². The van der Waals surface area contributed by atoms with Gasteiger partial charge in [-0.05, 0) is 30.7 Å². The van der Waals surface area contributed by atoms with E-state index in [1.165, 1.54) is 44.1 Å². The van der Waals surface area contributed by atoms with E-state index in [4.69, 9.17) is 0 Å². The van der Waals surface area contributed by atoms with Gasteiger partial charge in [0, 0.05) is 38.1 Å². The Labute approximate surface area is 146 Å². The Morgan fingerprint density at radius 2 is 1.54 bits per heavy atom. The maximum Gasteiger partial charge on any atom is 0.226 e. The van der Waals surface area contributed by atoms with Gasteiger partial charge < -0.3 is 4.90 Å². The fourth-order valence-corrected chi connectivity index (χ4v) is 4.70. The molecule has 1 aromatic rings. The van der Waals surface area contributed by atoms with Crippen molar-refractivity contribution in [1.29, 1.82) is 0 Å². The number of nitrogens with zero attached hydrogens (tertiary/aromatic N) is 2. The summed E-state index contributed by atoms with van der Waals surface area (Å²) in [4.78, 5) is 17.6. The van der Waals surface area contributed by atoms with Crippen LogP contribution in [0.1, 0.15) is 56.4 Å². The van der Waals surface area contributed by atoms with Crippen molar-refractivity contribution in [2.45, 2.75) is 56.9 Å². The van der Waals surface area contributed by atoms with E-state index in [-0.39, 0.29) is 5.92 Å². The molecule has 0 aromatic heterocycles. The van der Waals surface area contributed by atoms with Gasteiger partial charge in [-0.2, -0.15) is 0 Å². The Morgan fingerprint density at radius 1 is 0.875 bits per heavy atom. The third-order valence-electron chi connectivity index (χ3n) is 6.30. The molecular formula is C21H30N2O. The monoisotopic (exact) mass is 326 g/mol. The molecule has 1 aromatic carbocycles. The third-order valence-corrected chi connectivity index (χ3v) is 6.30. The molecule has 1 aliphatic heterocycles. The van der Waals surface area contributed by atoms with Crippen molar-refractivity contribution in [1.82, 2.24) is 9.80 Å². The van der Waals surface area contributed by atoms with Gasteiger partial charge in [0.05, 0.1) is 0 Å². The Kier molecular flexibility index (Phi) is 4.88. The van der Waals surface area contributed by atoms with Gasteiger partial charge in [-0.1, -0.05) is 56.0 Å². The summed E-state index contributed by atoms with van der Waals surface area (Å²) < 4.78 is 0. The predicted molar refractivity (Wildman–Crippen MR) is 96.9 cm³/mol. The SMILES string of the molecule is O=C([C@@H]1C[C@H]1c1ccccc1)N1CCN(C2CCCCCC2)CC1. The number of amides is 1. The van der Waals surface area contributed by atoms with E-state index in [0.29, 0.717) is 11.8 Å². The van der Waals surface area contributed by atoms with Crippen LogP contribution in [-0.4, -0.2) is 47.9 Å². The lowest BCUT2D eigenvalue weighted by molar-refractivity contribution is -0.134. The van der Waals surface area contributed by atoms with Crippen molar-refractivity contribution >= 4 is 5.91 Å². The van der Waals surface area contributed by atoms with Crippen LogP contribution in [-0.2, 0) is 4.79 Å². The zero-order chi connectivity index (χ0) is 16.4. The molecule has 2 atom stereocenters. The summed E-state index contributed by atoms with van der Waals surface area (Å²) >= 11 is 0. The standard InChI is InChI=1S/C21H30N2O/c24-21(20-16-19(20)17-8-4-3-5-9-17)23-14-12-22(13-15-23)18-10-6-1-2-7-11-18/h3-5,8-9,18-20H,1-2,6-7,10-16H2/t19-,20+/m0/s1. The van der Waals surface area contributed by atoms with Crippen molar-refractivity contribution in [2.75, 3.05) is 26.2 Å². The Hall–Kier alpha value is -1.35. The minimum atomic E-state index is 0.247. The number of piperazine rings is 1. The van der Waals surface area contributed by atoms with Gasteiger partial charge >= 0.3 is 0 Å². The van der Waals surface area contributed by atoms with Crippen molar-refractivity contribution < 1.29 is 4.79 Å². The average Bonchev–Trinajstić information content (AvgIpc) is 3.46. The molecule has 4 rings (SSSR count). The second-order valence-corrected chi connectivity index (χ2v) is 7.87. The maximum absolute atomic E-state index is 12.8. The number of benzene rings is 1. The van der Waals surface area contributed by atoms with E-state index in [9.17, 15) is 4.79 Å². The molecule has 0 radical (unpaired) electrons. The van der Waals surface area contributed by atoms with Crippen LogP contribution >= 0.6 is 0 Å². The summed E-state index contributed by atoms with van der Waals surface area (Å²) in [6, 6.07) is 11.3. The summed E-state index contributed by atoms with van der Waals surface area (Å²) in [5.74, 6) is 1.12. The maximum atomic E-state index is 12.8. The van der Waals surface area contributed by atoms with Gasteiger partial charge in [-0.25, -0.2) is 0 Å². The summed E-state index contributed by atoms with van der Waals surface area (Å²) in [6.07, 6.45) is 9.40. The largest absolute Gasteiger partial charge is 0.340 e. The molecule has 0 N–H and O–H groups in total. The molecule has 1 heterocycles. The molecule has 1 saturated heterocycles. The molecule has 1 amide bonds. The first kappa shape index (κ1) is 16.1. The van der Waals surface area contributed by atoms with E-state index in [1.807, 2.05) is 0 Å². The fraction of sp³-hybridized carbons (Fsp3) is 0.667. The van der Waals surface area contributed by atoms with Crippen molar-refractivity contribution in [3.8, 4) is 0 Å². The van der Waals surface area contributed by atoms with Gasteiger partial charge in [0.15, 0.2) is 0 Å². The Morgan fingerprint density at radius 3 is 2.21 bits per heavy atom. The van der Waals surface area contributed by atoms with Gasteiger partial charge in [-0.15, -0.1) is 0 Å². The number of hydrogen-bond donors (Lipinski definition) is 0. The van der Waals surface area contributed by atoms with E-state index >= 15 is 0 Å². The topological polar surface area (TPSA) is 23.6 Å². The highest BCUT2D eigenvalue weighted by Crippen LogP contribution is 2.48. The average molecular weight is 326 g/mol. The first-order valence-electron chi connectivity index (χ1n) is 9.91. The second kappa shape index (κ2) is 7.26. The number of rotatable bonds is 3. The predicted octanol–water partition coefficient (Wildman–Crippen LogP) is 3.66. The summed E-state index contributed by atoms with van der Waals surface area (Å²) in [7, 11) is 0. The van der Waals surface area contributed by atoms with Crippen molar-refractivity contribution in [3.63, 3.8) is 0 Å². The summed E-state index contributed by atoms with van der Waals surface area (Å²) in [5.41, 5.74) is 1.34. The highest BCUT2D eigenvalue weighted by atomic mass is 16.2. The van der Waals surface area contributed by atoms with Gasteiger partial charge in [0.25, 0.3) is 0 Å². The van der Waals surface area contributed by atoms with Crippen molar-refractivity contribution in [2.24, 2.45) is 5.92 Å². The zero-order valence-corrected chi connectivity index (χ0v) is 14.7. The molecule has 2 aliphatic carbocycles. The molecule has 3 heteroatoms. The zero-order valence-electron chi connectivity index (χ0n) is 14.7. The number of hydrogen-bond acceptors (Lipinski definition) is 2. The van der Waals surface area contributed by atoms with Crippen LogP contribution in [0.25, 0.3) is 0 Å². The molecule has 3 nitrogen and oxygen atoms in total. The molecule has 0 unspecified atom stereocenters. The van der Waals surface area contributed by atoms with Crippen LogP contribution in [0.3, 0.4) is 0 Å². The first-order chi connectivity index (χ1) is 11.8. The fourth-order valence-electron chi connectivity index (χ4n) is 4.70. The van der Waals surface area contributed by atoms with Gasteiger partial charge in [0.1, 0.15) is 0 Å². The summed E-state index contributed by atoms with van der Waals surface area (Å²) in [5, 5.41) is 0. The number of carbonyl (C=O) groups excluding carboxylic acids is 1. The Balaban J connectivity index is 1.28. The smallest absolute Gasteiger partial charge is 0.226 e. The molecule has 0 bridgehead atoms. The molecule has 2 saturated carbocycles. The number of carbonyl (C=O) groups is 1. The lowest BCUT2D eigenvalue weighted by Gasteiger charge is -2.39. The molecule has 3 aliphatic rings. The lowest BCUT2D eigenvalue weighted by Crippen LogP contribution is -2.52. The molecule has 24 heavy (non-hydrogen) atoms. The van der Waals surface area contributed by atoms with Crippen LogP contribution in [0.4, 0.5) is 0 Å².